The normalized spacial score (nSPS) is 13.9. The first-order chi connectivity index (χ1) is 21.0. The number of nitrogens with zero attached hydrogens (tertiary/aromatic N) is 4. The Hall–Kier alpha value is -4.51. The van der Waals surface area contributed by atoms with Crippen LogP contribution in [0.2, 0.25) is 0 Å². The molecule has 1 fully saturated rings. The molecule has 5 aromatic rings. The number of benzene rings is 3. The summed E-state index contributed by atoms with van der Waals surface area (Å²) in [5.41, 5.74) is 0.320. The van der Waals surface area contributed by atoms with Crippen molar-refractivity contribution in [1.29, 1.82) is 0 Å². The van der Waals surface area contributed by atoms with Crippen LogP contribution in [0.3, 0.4) is 0 Å². The number of aromatic nitrogens is 3. The quantitative estimate of drug-likeness (QED) is 0.170. The fraction of sp³-hybridized carbons (Fsp3) is 0.242. The molecule has 0 atom stereocenters. The largest absolute Gasteiger partial charge is 0.418 e. The van der Waals surface area contributed by atoms with Crippen LogP contribution in [0.5, 0.6) is 0 Å². The molecule has 3 aromatic carbocycles. The maximum Gasteiger partial charge on any atom is 0.418 e. The predicted molar refractivity (Wildman–Crippen MR) is 156 cm³/mol. The standard InChI is InChI=1S/C33H27F6N5/c34-32(35,36)23-9-11-24(12-10-23)41-31-26-15-8-22(30-27(33(37,38)39)7-4-17-40-30)19-28(26)42-29(43-31)16-18-44(25-13-14-25)20-21-5-2-1-3-6-21/h1-12,15,17,19,25H,13-14,16,18,20H2,(H,41,42,43). The van der Waals surface area contributed by atoms with Gasteiger partial charge in [-0.25, -0.2) is 9.97 Å². The first kappa shape index (κ1) is 29.6. The minimum absolute atomic E-state index is 0.220. The number of anilines is 2. The minimum Gasteiger partial charge on any atom is -0.340 e. The zero-order valence-electron chi connectivity index (χ0n) is 23.3. The van der Waals surface area contributed by atoms with Gasteiger partial charge in [-0.2, -0.15) is 26.3 Å². The summed E-state index contributed by atoms with van der Waals surface area (Å²) < 4.78 is 80.7. The van der Waals surface area contributed by atoms with Gasteiger partial charge in [0.25, 0.3) is 0 Å². The van der Waals surface area contributed by atoms with Gasteiger partial charge >= 0.3 is 12.4 Å². The Bertz CT molecular complexity index is 1750. The maximum absolute atomic E-state index is 13.8. The van der Waals surface area contributed by atoms with E-state index in [0.717, 1.165) is 37.6 Å². The van der Waals surface area contributed by atoms with Crippen LogP contribution in [-0.4, -0.2) is 32.4 Å². The molecule has 226 valence electrons. The summed E-state index contributed by atoms with van der Waals surface area (Å²) in [7, 11) is 0. The summed E-state index contributed by atoms with van der Waals surface area (Å²) in [5, 5.41) is 3.60. The Labute approximate surface area is 249 Å². The number of hydrogen-bond acceptors (Lipinski definition) is 5. The molecule has 0 aliphatic heterocycles. The molecule has 44 heavy (non-hydrogen) atoms. The molecule has 0 saturated heterocycles. The maximum atomic E-state index is 13.8. The fourth-order valence-corrected chi connectivity index (χ4v) is 5.17. The summed E-state index contributed by atoms with van der Waals surface area (Å²) in [6, 6.07) is 22.0. The van der Waals surface area contributed by atoms with E-state index in [2.05, 4.69) is 27.3 Å². The summed E-state index contributed by atoms with van der Waals surface area (Å²) in [5.74, 6) is 0.800. The van der Waals surface area contributed by atoms with Crippen molar-refractivity contribution in [1.82, 2.24) is 19.9 Å². The Kier molecular flexibility index (Phi) is 7.98. The number of rotatable bonds is 9. The lowest BCUT2D eigenvalue weighted by Gasteiger charge is -2.22. The second-order valence-electron chi connectivity index (χ2n) is 10.8. The number of nitrogens with one attached hydrogen (secondary N) is 1. The third-order valence-electron chi connectivity index (χ3n) is 7.52. The van der Waals surface area contributed by atoms with Crippen LogP contribution in [0, 0.1) is 0 Å². The van der Waals surface area contributed by atoms with Crippen LogP contribution >= 0.6 is 0 Å². The summed E-state index contributed by atoms with van der Waals surface area (Å²) in [4.78, 5) is 15.8. The first-order valence-electron chi connectivity index (χ1n) is 14.1. The highest BCUT2D eigenvalue weighted by Gasteiger charge is 2.34. The van der Waals surface area contributed by atoms with Crippen LogP contribution in [0.4, 0.5) is 37.8 Å². The van der Waals surface area contributed by atoms with Gasteiger partial charge in [0.1, 0.15) is 11.6 Å². The van der Waals surface area contributed by atoms with E-state index in [-0.39, 0.29) is 11.3 Å². The number of fused-ring (bicyclic) bond motifs is 1. The molecular formula is C33H27F6N5. The fourth-order valence-electron chi connectivity index (χ4n) is 5.17. The smallest absolute Gasteiger partial charge is 0.340 e. The number of hydrogen-bond donors (Lipinski definition) is 1. The third kappa shape index (κ3) is 6.83. The Morgan fingerprint density at radius 1 is 0.795 bits per heavy atom. The molecule has 1 aliphatic rings. The molecule has 5 nitrogen and oxygen atoms in total. The third-order valence-corrected chi connectivity index (χ3v) is 7.52. The van der Waals surface area contributed by atoms with Gasteiger partial charge in [0, 0.05) is 48.4 Å². The molecule has 0 bridgehead atoms. The van der Waals surface area contributed by atoms with E-state index < -0.39 is 23.5 Å². The van der Waals surface area contributed by atoms with Gasteiger partial charge in [-0.15, -0.1) is 0 Å². The topological polar surface area (TPSA) is 53.9 Å². The van der Waals surface area contributed by atoms with Crippen molar-refractivity contribution in [3.8, 4) is 11.3 Å². The number of alkyl halides is 6. The van der Waals surface area contributed by atoms with Crippen molar-refractivity contribution in [3.63, 3.8) is 0 Å². The minimum atomic E-state index is -4.60. The van der Waals surface area contributed by atoms with Crippen molar-refractivity contribution in [2.75, 3.05) is 11.9 Å². The lowest BCUT2D eigenvalue weighted by molar-refractivity contribution is -0.138. The second-order valence-corrected chi connectivity index (χ2v) is 10.8. The molecule has 1 N–H and O–H groups in total. The second kappa shape index (κ2) is 11.9. The van der Waals surface area contributed by atoms with Crippen molar-refractivity contribution < 1.29 is 26.3 Å². The van der Waals surface area contributed by atoms with Gasteiger partial charge in [-0.05, 0) is 66.9 Å². The van der Waals surface area contributed by atoms with Gasteiger partial charge in [0.05, 0.1) is 22.3 Å². The van der Waals surface area contributed by atoms with E-state index >= 15 is 0 Å². The average molecular weight is 608 g/mol. The lowest BCUT2D eigenvalue weighted by atomic mass is 10.0. The van der Waals surface area contributed by atoms with Gasteiger partial charge in [-0.1, -0.05) is 36.4 Å². The van der Waals surface area contributed by atoms with Gasteiger partial charge in [0.2, 0.25) is 0 Å². The van der Waals surface area contributed by atoms with Gasteiger partial charge < -0.3 is 5.32 Å². The molecule has 0 radical (unpaired) electrons. The van der Waals surface area contributed by atoms with Crippen LogP contribution < -0.4 is 5.32 Å². The summed E-state index contributed by atoms with van der Waals surface area (Å²) >= 11 is 0. The van der Waals surface area contributed by atoms with Gasteiger partial charge in [0.15, 0.2) is 0 Å². The lowest BCUT2D eigenvalue weighted by Crippen LogP contribution is -2.28. The SMILES string of the molecule is FC(F)(F)c1ccc(Nc2nc(CCN(Cc3ccccc3)C3CC3)nc3cc(-c4ncccc4C(F)(F)F)ccc23)cc1. The average Bonchev–Trinajstić information content (AvgIpc) is 3.85. The van der Waals surface area contributed by atoms with E-state index in [1.165, 1.54) is 36.0 Å². The molecule has 11 heteroatoms. The van der Waals surface area contributed by atoms with E-state index in [1.54, 1.807) is 12.1 Å². The van der Waals surface area contributed by atoms with Crippen molar-refractivity contribution in [2.24, 2.45) is 0 Å². The molecule has 0 amide bonds. The highest BCUT2D eigenvalue weighted by atomic mass is 19.4. The Balaban J connectivity index is 1.36. The van der Waals surface area contributed by atoms with Crippen LogP contribution in [-0.2, 0) is 25.3 Å². The highest BCUT2D eigenvalue weighted by Crippen LogP contribution is 2.37. The van der Waals surface area contributed by atoms with Gasteiger partial charge in [-0.3, -0.25) is 9.88 Å². The number of pyridine rings is 1. The van der Waals surface area contributed by atoms with Crippen LogP contribution in [0.1, 0.15) is 35.4 Å². The van der Waals surface area contributed by atoms with Crippen molar-refractivity contribution >= 4 is 22.4 Å². The summed E-state index contributed by atoms with van der Waals surface area (Å²) in [6.45, 7) is 1.42. The van der Waals surface area contributed by atoms with E-state index in [0.29, 0.717) is 47.2 Å². The Morgan fingerprint density at radius 3 is 2.23 bits per heavy atom. The van der Waals surface area contributed by atoms with Crippen molar-refractivity contribution in [2.45, 2.75) is 44.2 Å². The van der Waals surface area contributed by atoms with Crippen LogP contribution in [0.25, 0.3) is 22.2 Å². The van der Waals surface area contributed by atoms with E-state index in [1.807, 2.05) is 18.2 Å². The zero-order valence-corrected chi connectivity index (χ0v) is 23.3. The molecule has 2 heterocycles. The molecule has 6 rings (SSSR count). The molecule has 1 saturated carbocycles. The first-order valence-corrected chi connectivity index (χ1v) is 14.1. The zero-order chi connectivity index (χ0) is 30.9. The highest BCUT2D eigenvalue weighted by molar-refractivity contribution is 5.93. The van der Waals surface area contributed by atoms with E-state index in [4.69, 9.17) is 9.97 Å². The van der Waals surface area contributed by atoms with E-state index in [9.17, 15) is 26.3 Å². The van der Waals surface area contributed by atoms with Crippen LogP contribution in [0.15, 0.2) is 91.1 Å². The van der Waals surface area contributed by atoms with Crippen molar-refractivity contribution in [3.05, 3.63) is 114 Å². The molecule has 2 aromatic heterocycles. The molecule has 1 aliphatic carbocycles. The molecule has 0 unspecified atom stereocenters. The Morgan fingerprint density at radius 2 is 1.55 bits per heavy atom. The summed E-state index contributed by atoms with van der Waals surface area (Å²) in [6.07, 6.45) is -5.12. The number of halogens is 6. The molecule has 0 spiro atoms. The predicted octanol–water partition coefficient (Wildman–Crippen LogP) is 8.68. The monoisotopic (exact) mass is 607 g/mol. The molecular weight excluding hydrogens is 580 g/mol.